The summed E-state index contributed by atoms with van der Waals surface area (Å²) in [5, 5.41) is 0.573. The predicted molar refractivity (Wildman–Crippen MR) is 92.7 cm³/mol. The van der Waals surface area contributed by atoms with E-state index in [1.165, 1.54) is 22.2 Å². The normalized spacial score (nSPS) is 11.3. The maximum Gasteiger partial charge on any atom is 0.258 e. The van der Waals surface area contributed by atoms with Crippen LogP contribution >= 0.6 is 27.7 Å². The van der Waals surface area contributed by atoms with Gasteiger partial charge in [0, 0.05) is 22.5 Å². The summed E-state index contributed by atoms with van der Waals surface area (Å²) in [5.74, 6) is 0.522. The summed E-state index contributed by atoms with van der Waals surface area (Å²) in [6.07, 6.45) is 1.71. The van der Waals surface area contributed by atoms with Crippen LogP contribution < -0.4 is 5.56 Å². The molecule has 0 bridgehead atoms. The molecule has 3 heterocycles. The van der Waals surface area contributed by atoms with Crippen LogP contribution in [0.25, 0.3) is 16.7 Å². The first-order valence-corrected chi connectivity index (χ1v) is 8.63. The number of nitrogens with zero attached hydrogens (tertiary/aromatic N) is 3. The fourth-order valence-corrected chi connectivity index (χ4v) is 3.32. The van der Waals surface area contributed by atoms with Gasteiger partial charge in [0.15, 0.2) is 5.58 Å². The number of benzene rings is 1. The van der Waals surface area contributed by atoms with E-state index in [0.717, 1.165) is 15.6 Å². The lowest BCUT2D eigenvalue weighted by atomic mass is 10.3. The van der Waals surface area contributed by atoms with Crippen LogP contribution in [0.1, 0.15) is 5.69 Å². The molecule has 0 fully saturated rings. The topological polar surface area (TPSA) is 60.4 Å². The maximum absolute atomic E-state index is 12.2. The molecule has 0 amide bonds. The second-order valence-electron chi connectivity index (χ2n) is 4.90. The number of oxazole rings is 1. The third-order valence-electron chi connectivity index (χ3n) is 3.29. The minimum absolute atomic E-state index is 0.107. The average molecular weight is 388 g/mol. The lowest BCUT2D eigenvalue weighted by Crippen LogP contribution is -2.15. The molecule has 0 spiro atoms. The summed E-state index contributed by atoms with van der Waals surface area (Å²) in [4.78, 5) is 21.1. The Morgan fingerprint density at radius 3 is 2.91 bits per heavy atom. The van der Waals surface area contributed by atoms with Gasteiger partial charge in [-0.2, -0.15) is 0 Å². The van der Waals surface area contributed by atoms with Gasteiger partial charge in [-0.05, 0) is 40.2 Å². The standard InChI is InChI=1S/C16H10BrN3O2S/c17-10-5-6-14-18-11(7-15(21)20(14)8-10)9-23-16-19-12-3-1-2-4-13(12)22-16/h1-8H,9H2. The predicted octanol–water partition coefficient (Wildman–Crippen LogP) is 3.89. The van der Waals surface area contributed by atoms with Crippen LogP contribution in [0.3, 0.4) is 0 Å². The second kappa shape index (κ2) is 5.82. The summed E-state index contributed by atoms with van der Waals surface area (Å²) in [6.45, 7) is 0. The van der Waals surface area contributed by atoms with Crippen molar-refractivity contribution >= 4 is 44.4 Å². The van der Waals surface area contributed by atoms with Gasteiger partial charge in [-0.25, -0.2) is 9.97 Å². The molecule has 3 aromatic heterocycles. The molecule has 5 nitrogen and oxygen atoms in total. The van der Waals surface area contributed by atoms with Gasteiger partial charge in [-0.1, -0.05) is 23.9 Å². The molecule has 0 radical (unpaired) electrons. The molecule has 7 heteroatoms. The quantitative estimate of drug-likeness (QED) is 0.499. The van der Waals surface area contributed by atoms with E-state index in [2.05, 4.69) is 25.9 Å². The van der Waals surface area contributed by atoms with Gasteiger partial charge in [-0.15, -0.1) is 0 Å². The summed E-state index contributed by atoms with van der Waals surface area (Å²) >= 11 is 4.77. The van der Waals surface area contributed by atoms with Gasteiger partial charge in [0.2, 0.25) is 0 Å². The second-order valence-corrected chi connectivity index (χ2v) is 6.74. The van der Waals surface area contributed by atoms with Crippen molar-refractivity contribution in [1.82, 2.24) is 14.4 Å². The van der Waals surface area contributed by atoms with Gasteiger partial charge in [0.05, 0.1) is 5.69 Å². The van der Waals surface area contributed by atoms with Gasteiger partial charge in [0.25, 0.3) is 10.8 Å². The SMILES string of the molecule is O=c1cc(CSc2nc3ccccc3o2)nc2ccc(Br)cn12. The van der Waals surface area contributed by atoms with E-state index in [1.54, 1.807) is 12.3 Å². The van der Waals surface area contributed by atoms with Crippen LogP contribution in [0.5, 0.6) is 0 Å². The molecule has 0 saturated heterocycles. The highest BCUT2D eigenvalue weighted by Crippen LogP contribution is 2.25. The zero-order chi connectivity index (χ0) is 15.8. The highest BCUT2D eigenvalue weighted by molar-refractivity contribution is 9.10. The first kappa shape index (κ1) is 14.5. The molecule has 4 aromatic rings. The molecule has 23 heavy (non-hydrogen) atoms. The van der Waals surface area contributed by atoms with Crippen LogP contribution in [-0.4, -0.2) is 14.4 Å². The number of thioether (sulfide) groups is 1. The van der Waals surface area contributed by atoms with Crippen LogP contribution in [0, 0.1) is 0 Å². The third-order valence-corrected chi connectivity index (χ3v) is 4.63. The monoisotopic (exact) mass is 387 g/mol. The number of pyridine rings is 1. The van der Waals surface area contributed by atoms with Crippen LogP contribution in [0.4, 0.5) is 0 Å². The van der Waals surface area contributed by atoms with E-state index in [1.807, 2.05) is 30.3 Å². The Morgan fingerprint density at radius 1 is 1.17 bits per heavy atom. The Balaban J connectivity index is 1.62. The highest BCUT2D eigenvalue weighted by atomic mass is 79.9. The Bertz CT molecular complexity index is 1040. The molecule has 1 aromatic carbocycles. The van der Waals surface area contributed by atoms with Gasteiger partial charge in [0.1, 0.15) is 11.2 Å². The van der Waals surface area contributed by atoms with Gasteiger partial charge < -0.3 is 4.42 Å². The number of halogens is 1. The van der Waals surface area contributed by atoms with Crippen molar-refractivity contribution in [2.45, 2.75) is 11.0 Å². The van der Waals surface area contributed by atoms with E-state index in [-0.39, 0.29) is 5.56 Å². The maximum atomic E-state index is 12.2. The number of fused-ring (bicyclic) bond motifs is 2. The molecule has 0 N–H and O–H groups in total. The molecule has 114 valence electrons. The van der Waals surface area contributed by atoms with E-state index < -0.39 is 0 Å². The minimum Gasteiger partial charge on any atom is -0.431 e. The first-order valence-electron chi connectivity index (χ1n) is 6.85. The van der Waals surface area contributed by atoms with Crippen molar-refractivity contribution in [1.29, 1.82) is 0 Å². The van der Waals surface area contributed by atoms with E-state index in [9.17, 15) is 4.79 Å². The summed E-state index contributed by atoms with van der Waals surface area (Å²) < 4.78 is 8.00. The lowest BCUT2D eigenvalue weighted by Gasteiger charge is -2.03. The number of para-hydroxylation sites is 2. The highest BCUT2D eigenvalue weighted by Gasteiger charge is 2.08. The molecular weight excluding hydrogens is 378 g/mol. The van der Waals surface area contributed by atoms with Crippen LogP contribution in [0.15, 0.2) is 67.6 Å². The van der Waals surface area contributed by atoms with Crippen LogP contribution in [0.2, 0.25) is 0 Å². The minimum atomic E-state index is -0.107. The fourth-order valence-electron chi connectivity index (χ4n) is 2.25. The van der Waals surface area contributed by atoms with Gasteiger partial charge in [-0.3, -0.25) is 9.20 Å². The molecule has 0 saturated carbocycles. The summed E-state index contributed by atoms with van der Waals surface area (Å²) in [6, 6.07) is 12.8. The molecule has 0 aliphatic heterocycles. The average Bonchev–Trinajstić information content (AvgIpc) is 2.96. The molecular formula is C16H10BrN3O2S. The molecule has 0 unspecified atom stereocenters. The third kappa shape index (κ3) is 2.89. The Labute approximate surface area is 143 Å². The number of rotatable bonds is 3. The number of hydrogen-bond acceptors (Lipinski definition) is 5. The lowest BCUT2D eigenvalue weighted by molar-refractivity contribution is 0.489. The number of aromatic nitrogens is 3. The Morgan fingerprint density at radius 2 is 2.04 bits per heavy atom. The summed E-state index contributed by atoms with van der Waals surface area (Å²) in [5.41, 5.74) is 2.79. The number of hydrogen-bond donors (Lipinski definition) is 0. The van der Waals surface area contributed by atoms with E-state index in [0.29, 0.717) is 22.3 Å². The van der Waals surface area contributed by atoms with Crippen molar-refractivity contribution in [3.05, 3.63) is 69.2 Å². The molecule has 0 aliphatic rings. The van der Waals surface area contributed by atoms with E-state index >= 15 is 0 Å². The largest absolute Gasteiger partial charge is 0.431 e. The van der Waals surface area contributed by atoms with Gasteiger partial charge >= 0.3 is 0 Å². The summed E-state index contributed by atoms with van der Waals surface area (Å²) in [7, 11) is 0. The van der Waals surface area contributed by atoms with Crippen molar-refractivity contribution in [2.75, 3.05) is 0 Å². The van der Waals surface area contributed by atoms with Crippen LogP contribution in [-0.2, 0) is 5.75 Å². The Kier molecular flexibility index (Phi) is 3.66. The molecule has 0 aliphatic carbocycles. The molecule has 0 atom stereocenters. The molecule has 4 rings (SSSR count). The fraction of sp³-hybridized carbons (Fsp3) is 0.0625. The van der Waals surface area contributed by atoms with Crippen molar-refractivity contribution in [3.8, 4) is 0 Å². The van der Waals surface area contributed by atoms with Crippen molar-refractivity contribution in [2.24, 2.45) is 0 Å². The van der Waals surface area contributed by atoms with Crippen molar-refractivity contribution in [3.63, 3.8) is 0 Å². The van der Waals surface area contributed by atoms with E-state index in [4.69, 9.17) is 4.42 Å². The Hall–Kier alpha value is -2.12. The zero-order valence-electron chi connectivity index (χ0n) is 11.8. The smallest absolute Gasteiger partial charge is 0.258 e. The van der Waals surface area contributed by atoms with Crippen molar-refractivity contribution < 1.29 is 4.42 Å². The zero-order valence-corrected chi connectivity index (χ0v) is 14.2. The first-order chi connectivity index (χ1) is 11.2.